The van der Waals surface area contributed by atoms with Crippen molar-refractivity contribution in [3.05, 3.63) is 28.7 Å². The van der Waals surface area contributed by atoms with Crippen LogP contribution < -0.4 is 11.1 Å². The molecule has 1 rings (SSSR count). The van der Waals surface area contributed by atoms with E-state index in [0.29, 0.717) is 0 Å². The topological polar surface area (TPSA) is 64.3 Å². The second-order valence-corrected chi connectivity index (χ2v) is 5.47. The van der Waals surface area contributed by atoms with E-state index in [9.17, 15) is 4.79 Å². The predicted octanol–water partition coefficient (Wildman–Crippen LogP) is 2.39. The van der Waals surface area contributed by atoms with Gasteiger partial charge in [0.1, 0.15) is 5.54 Å². The van der Waals surface area contributed by atoms with Crippen LogP contribution in [0.1, 0.15) is 13.8 Å². The highest BCUT2D eigenvalue weighted by atomic mass is 79.9. The fraction of sp³-hybridized carbons (Fsp3) is 0.462. The van der Waals surface area contributed by atoms with E-state index in [1.165, 1.54) is 0 Å². The molecule has 0 saturated carbocycles. The summed E-state index contributed by atoms with van der Waals surface area (Å²) >= 11 is 3.37. The van der Waals surface area contributed by atoms with Gasteiger partial charge in [-0.1, -0.05) is 29.8 Å². The molecule has 100 valence electrons. The number of hydrogen-bond donors (Lipinski definition) is 2. The second-order valence-electron chi connectivity index (χ2n) is 4.56. The molecular weight excluding hydrogens is 296 g/mol. The van der Waals surface area contributed by atoms with Crippen LogP contribution in [0.5, 0.6) is 0 Å². The van der Waals surface area contributed by atoms with Gasteiger partial charge in [0, 0.05) is 17.3 Å². The molecule has 1 amide bonds. The van der Waals surface area contributed by atoms with E-state index in [4.69, 9.17) is 10.5 Å². The average molecular weight is 315 g/mol. The molecule has 0 aliphatic heterocycles. The number of ether oxygens (including phenoxy) is 1. The highest BCUT2D eigenvalue weighted by Crippen LogP contribution is 2.25. The number of benzene rings is 1. The van der Waals surface area contributed by atoms with Crippen LogP contribution in [-0.4, -0.2) is 25.2 Å². The molecule has 3 N–H and O–H groups in total. The average Bonchev–Trinajstić information content (AvgIpc) is 2.30. The highest BCUT2D eigenvalue weighted by Gasteiger charge is 2.40. The molecule has 0 aromatic heterocycles. The fourth-order valence-electron chi connectivity index (χ4n) is 1.78. The van der Waals surface area contributed by atoms with Gasteiger partial charge in [-0.25, -0.2) is 0 Å². The lowest BCUT2D eigenvalue weighted by molar-refractivity contribution is -0.125. The van der Waals surface area contributed by atoms with E-state index < -0.39 is 11.4 Å². The fourth-order valence-corrected chi connectivity index (χ4v) is 2.05. The molecule has 1 aromatic carbocycles. The number of nitrogens with two attached hydrogens (primary N) is 1. The first-order chi connectivity index (χ1) is 8.42. The van der Waals surface area contributed by atoms with Crippen molar-refractivity contribution in [2.45, 2.75) is 19.4 Å². The summed E-state index contributed by atoms with van der Waals surface area (Å²) in [6.45, 7) is 4.11. The van der Waals surface area contributed by atoms with Crippen molar-refractivity contribution in [3.8, 4) is 0 Å². The molecule has 4 nitrogen and oxygen atoms in total. The Bertz CT molecular complexity index is 406. The van der Waals surface area contributed by atoms with Gasteiger partial charge in [-0.15, -0.1) is 0 Å². The molecule has 0 aliphatic rings. The predicted molar refractivity (Wildman–Crippen MR) is 76.4 cm³/mol. The Morgan fingerprint density at radius 3 is 2.39 bits per heavy atom. The first-order valence-corrected chi connectivity index (χ1v) is 6.54. The van der Waals surface area contributed by atoms with Crippen molar-refractivity contribution in [1.29, 1.82) is 0 Å². The summed E-state index contributed by atoms with van der Waals surface area (Å²) in [5, 5.41) is 3.20. The minimum Gasteiger partial charge on any atom is -0.382 e. The summed E-state index contributed by atoms with van der Waals surface area (Å²) in [6.07, 6.45) is 0. The number of primary amides is 1. The van der Waals surface area contributed by atoms with Crippen LogP contribution in [0.4, 0.5) is 5.69 Å². The van der Waals surface area contributed by atoms with Crippen LogP contribution >= 0.6 is 15.9 Å². The zero-order valence-electron chi connectivity index (χ0n) is 10.9. The molecular formula is C13H19BrN2O2. The molecule has 0 fully saturated rings. The van der Waals surface area contributed by atoms with Gasteiger partial charge in [0.25, 0.3) is 0 Å². The van der Waals surface area contributed by atoms with Gasteiger partial charge in [-0.2, -0.15) is 0 Å². The first kappa shape index (κ1) is 15.0. The number of amides is 1. The Hall–Kier alpha value is -1.07. The number of nitrogens with one attached hydrogen (secondary N) is 1. The summed E-state index contributed by atoms with van der Waals surface area (Å²) in [5.41, 5.74) is 5.48. The molecule has 1 unspecified atom stereocenters. The molecule has 0 spiro atoms. The minimum atomic E-state index is -0.900. The maximum Gasteiger partial charge on any atom is 0.245 e. The normalized spacial score (nSPS) is 14.3. The second kappa shape index (κ2) is 6.20. The van der Waals surface area contributed by atoms with Crippen molar-refractivity contribution >= 4 is 27.5 Å². The zero-order chi connectivity index (χ0) is 13.8. The molecule has 18 heavy (non-hydrogen) atoms. The van der Waals surface area contributed by atoms with Gasteiger partial charge < -0.3 is 15.8 Å². The zero-order valence-corrected chi connectivity index (χ0v) is 12.5. The number of anilines is 1. The minimum absolute atomic E-state index is 0.0126. The van der Waals surface area contributed by atoms with Crippen LogP contribution in [0.3, 0.4) is 0 Å². The van der Waals surface area contributed by atoms with Crippen molar-refractivity contribution in [2.24, 2.45) is 11.7 Å². The van der Waals surface area contributed by atoms with Crippen LogP contribution in [-0.2, 0) is 9.53 Å². The summed E-state index contributed by atoms with van der Waals surface area (Å²) in [4.78, 5) is 11.8. The summed E-state index contributed by atoms with van der Waals surface area (Å²) < 4.78 is 6.13. The monoisotopic (exact) mass is 314 g/mol. The smallest absolute Gasteiger partial charge is 0.245 e. The lowest BCUT2D eigenvalue weighted by Gasteiger charge is -2.35. The molecule has 1 atom stereocenters. The Labute approximate surface area is 116 Å². The lowest BCUT2D eigenvalue weighted by Crippen LogP contribution is -2.57. The van der Waals surface area contributed by atoms with Gasteiger partial charge >= 0.3 is 0 Å². The maximum atomic E-state index is 11.8. The standard InChI is InChI=1S/C13H19BrN2O2/c1-9(2)13(8-18-3,12(15)17)16-11-6-4-10(14)5-7-11/h4-7,9,16H,8H2,1-3H3,(H2,15,17). The van der Waals surface area contributed by atoms with Crippen molar-refractivity contribution in [3.63, 3.8) is 0 Å². The third-order valence-corrected chi connectivity index (χ3v) is 3.54. The molecule has 5 heteroatoms. The summed E-state index contributed by atoms with van der Waals surface area (Å²) in [6, 6.07) is 7.59. The van der Waals surface area contributed by atoms with E-state index in [0.717, 1.165) is 10.2 Å². The Balaban J connectivity index is 3.03. The largest absolute Gasteiger partial charge is 0.382 e. The van der Waals surface area contributed by atoms with Crippen LogP contribution in [0.25, 0.3) is 0 Å². The van der Waals surface area contributed by atoms with E-state index in [1.54, 1.807) is 7.11 Å². The van der Waals surface area contributed by atoms with Crippen LogP contribution in [0, 0.1) is 5.92 Å². The molecule has 1 aromatic rings. The van der Waals surface area contributed by atoms with E-state index >= 15 is 0 Å². The van der Waals surface area contributed by atoms with Crippen LogP contribution in [0.15, 0.2) is 28.7 Å². The van der Waals surface area contributed by atoms with Crippen LogP contribution in [0.2, 0.25) is 0 Å². The molecule has 0 radical (unpaired) electrons. The van der Waals surface area contributed by atoms with E-state index in [1.807, 2.05) is 38.1 Å². The lowest BCUT2D eigenvalue weighted by atomic mass is 9.86. The van der Waals surface area contributed by atoms with Gasteiger partial charge in [-0.3, -0.25) is 4.79 Å². The van der Waals surface area contributed by atoms with Gasteiger partial charge in [-0.05, 0) is 30.2 Å². The van der Waals surface area contributed by atoms with Gasteiger partial charge in [0.2, 0.25) is 5.91 Å². The Morgan fingerprint density at radius 1 is 1.44 bits per heavy atom. The number of hydrogen-bond acceptors (Lipinski definition) is 3. The van der Waals surface area contributed by atoms with Crippen molar-refractivity contribution < 1.29 is 9.53 Å². The number of methoxy groups -OCH3 is 1. The number of rotatable bonds is 6. The first-order valence-electron chi connectivity index (χ1n) is 5.75. The van der Waals surface area contributed by atoms with Crippen molar-refractivity contribution in [2.75, 3.05) is 19.0 Å². The summed E-state index contributed by atoms with van der Waals surface area (Å²) in [7, 11) is 1.56. The maximum absolute atomic E-state index is 11.8. The third-order valence-electron chi connectivity index (χ3n) is 3.01. The molecule has 0 bridgehead atoms. The van der Waals surface area contributed by atoms with Gasteiger partial charge in [0.05, 0.1) is 6.61 Å². The highest BCUT2D eigenvalue weighted by molar-refractivity contribution is 9.10. The Kier molecular flexibility index (Phi) is 5.16. The SMILES string of the molecule is COCC(Nc1ccc(Br)cc1)(C(N)=O)C(C)C. The number of halogens is 1. The molecule has 0 saturated heterocycles. The third kappa shape index (κ3) is 3.23. The van der Waals surface area contributed by atoms with Gasteiger partial charge in [0.15, 0.2) is 0 Å². The number of carbonyl (C=O) groups is 1. The van der Waals surface area contributed by atoms with E-state index in [2.05, 4.69) is 21.2 Å². The number of carbonyl (C=O) groups excluding carboxylic acids is 1. The molecule has 0 aliphatic carbocycles. The van der Waals surface area contributed by atoms with Crippen molar-refractivity contribution in [1.82, 2.24) is 0 Å². The molecule has 0 heterocycles. The quantitative estimate of drug-likeness (QED) is 0.847. The Morgan fingerprint density at radius 2 is 2.00 bits per heavy atom. The van der Waals surface area contributed by atoms with E-state index in [-0.39, 0.29) is 12.5 Å². The summed E-state index contributed by atoms with van der Waals surface area (Å²) in [5.74, 6) is -0.402.